The van der Waals surface area contributed by atoms with Crippen LogP contribution in [0.2, 0.25) is 0 Å². The molecule has 4 rings (SSSR count). The molecule has 1 amide bonds. The Morgan fingerprint density at radius 1 is 1.11 bits per heavy atom. The van der Waals surface area contributed by atoms with Crippen LogP contribution in [0, 0.1) is 12.7 Å². The lowest BCUT2D eigenvalue weighted by molar-refractivity contribution is -0.117. The Hall–Kier alpha value is -4.35. The van der Waals surface area contributed by atoms with Crippen molar-refractivity contribution >= 4 is 17.4 Å². The Morgan fingerprint density at radius 3 is 2.47 bits per heavy atom. The number of methoxy groups -OCH3 is 1. The summed E-state index contributed by atoms with van der Waals surface area (Å²) in [6.45, 7) is 5.03. The van der Waals surface area contributed by atoms with Gasteiger partial charge < -0.3 is 24.8 Å². The number of alkyl halides is 2. The van der Waals surface area contributed by atoms with E-state index >= 15 is 0 Å². The molecule has 9 nitrogen and oxygen atoms in total. The molecule has 2 N–H and O–H groups in total. The molecule has 1 aromatic carbocycles. The molecule has 0 spiro atoms. The molecule has 0 bridgehead atoms. The third-order valence-electron chi connectivity index (χ3n) is 6.03. The molecule has 0 fully saturated rings. The average Bonchev–Trinajstić information content (AvgIpc) is 3.43. The molecule has 0 saturated heterocycles. The van der Waals surface area contributed by atoms with Gasteiger partial charge in [-0.2, -0.15) is 9.97 Å². The molecule has 200 valence electrons. The van der Waals surface area contributed by atoms with E-state index in [0.29, 0.717) is 5.69 Å². The molecule has 3 aromatic rings. The Balaban J connectivity index is 1.74. The second-order valence-corrected chi connectivity index (χ2v) is 8.55. The minimum atomic E-state index is -2.97. The van der Waals surface area contributed by atoms with Crippen LogP contribution in [0.5, 0.6) is 6.01 Å². The molecule has 1 aliphatic rings. The van der Waals surface area contributed by atoms with E-state index in [-0.39, 0.29) is 34.6 Å². The van der Waals surface area contributed by atoms with Crippen molar-refractivity contribution in [3.05, 3.63) is 82.9 Å². The molecule has 2 aromatic heterocycles. The van der Waals surface area contributed by atoms with Gasteiger partial charge in [-0.05, 0) is 32.4 Å². The fourth-order valence-electron chi connectivity index (χ4n) is 3.94. The fourth-order valence-corrected chi connectivity index (χ4v) is 3.94. The second-order valence-electron chi connectivity index (χ2n) is 8.55. The van der Waals surface area contributed by atoms with E-state index in [9.17, 15) is 18.0 Å². The van der Waals surface area contributed by atoms with Gasteiger partial charge in [0.25, 0.3) is 12.7 Å². The van der Waals surface area contributed by atoms with E-state index in [0.717, 1.165) is 11.6 Å². The van der Waals surface area contributed by atoms with Gasteiger partial charge in [-0.25, -0.2) is 13.2 Å². The molecule has 38 heavy (non-hydrogen) atoms. The molecule has 2 atom stereocenters. The van der Waals surface area contributed by atoms with Gasteiger partial charge in [0.15, 0.2) is 0 Å². The quantitative estimate of drug-likeness (QED) is 0.364. The second kappa shape index (κ2) is 11.4. The molecule has 0 radical (unpaired) electrons. The van der Waals surface area contributed by atoms with E-state index in [4.69, 9.17) is 14.2 Å². The maximum atomic E-state index is 14.9. The van der Waals surface area contributed by atoms with Crippen molar-refractivity contribution in [2.75, 3.05) is 17.7 Å². The van der Waals surface area contributed by atoms with Gasteiger partial charge in [0.2, 0.25) is 5.91 Å². The predicted octanol–water partition coefficient (Wildman–Crippen LogP) is 5.70. The molecular formula is C26H26F3N5O4. The number of aryl methyl sites for hydroxylation is 1. The third kappa shape index (κ3) is 5.48. The number of nitrogens with one attached hydrogen (secondary N) is 2. The lowest BCUT2D eigenvalue weighted by atomic mass is 9.99. The number of carbonyl (C=O) groups excluding carboxylic acids is 1. The van der Waals surface area contributed by atoms with Crippen LogP contribution in [0.1, 0.15) is 66.5 Å². The van der Waals surface area contributed by atoms with Gasteiger partial charge >= 0.3 is 6.01 Å². The zero-order valence-electron chi connectivity index (χ0n) is 21.0. The van der Waals surface area contributed by atoms with Crippen molar-refractivity contribution in [3.8, 4) is 6.01 Å². The summed E-state index contributed by atoms with van der Waals surface area (Å²) in [5.74, 6) is -2.14. The van der Waals surface area contributed by atoms with Crippen LogP contribution in [-0.2, 0) is 14.3 Å². The van der Waals surface area contributed by atoms with Gasteiger partial charge in [-0.1, -0.05) is 18.2 Å². The van der Waals surface area contributed by atoms with Crippen molar-refractivity contribution in [2.24, 2.45) is 0 Å². The SMILES string of the molecule is COc1nc(N[C@H](C)c2cccc(C(F)F)c2F)c(C2OC=CO2)c(C(C)C(=O)Nc2ccncc2C)n1. The minimum absolute atomic E-state index is 0.00165. The van der Waals surface area contributed by atoms with Crippen LogP contribution >= 0.6 is 0 Å². The highest BCUT2D eigenvalue weighted by Gasteiger charge is 2.33. The Morgan fingerprint density at radius 2 is 1.82 bits per heavy atom. The van der Waals surface area contributed by atoms with E-state index in [2.05, 4.69) is 25.6 Å². The van der Waals surface area contributed by atoms with Gasteiger partial charge in [0.1, 0.15) is 24.2 Å². The van der Waals surface area contributed by atoms with Crippen LogP contribution in [-0.4, -0.2) is 28.0 Å². The maximum Gasteiger partial charge on any atom is 0.318 e. The third-order valence-corrected chi connectivity index (χ3v) is 6.03. The van der Waals surface area contributed by atoms with E-state index in [1.807, 2.05) is 6.92 Å². The lowest BCUT2D eigenvalue weighted by Crippen LogP contribution is -2.24. The molecule has 0 aliphatic carbocycles. The van der Waals surface area contributed by atoms with E-state index in [1.54, 1.807) is 32.3 Å². The van der Waals surface area contributed by atoms with Crippen LogP contribution in [0.3, 0.4) is 0 Å². The largest absolute Gasteiger partial charge is 0.467 e. The maximum absolute atomic E-state index is 14.9. The number of halogens is 3. The number of aromatic nitrogens is 3. The minimum Gasteiger partial charge on any atom is -0.467 e. The summed E-state index contributed by atoms with van der Waals surface area (Å²) in [6.07, 6.45) is 1.82. The number of nitrogens with zero attached hydrogens (tertiary/aromatic N) is 3. The smallest absolute Gasteiger partial charge is 0.318 e. The highest BCUT2D eigenvalue weighted by molar-refractivity contribution is 5.96. The molecule has 12 heteroatoms. The number of carbonyl (C=O) groups is 1. The Bertz CT molecular complexity index is 1350. The Labute approximate surface area is 217 Å². The first-order valence-electron chi connectivity index (χ1n) is 11.7. The predicted molar refractivity (Wildman–Crippen MR) is 132 cm³/mol. The molecular weight excluding hydrogens is 503 g/mol. The number of hydrogen-bond donors (Lipinski definition) is 2. The summed E-state index contributed by atoms with van der Waals surface area (Å²) in [7, 11) is 1.35. The van der Waals surface area contributed by atoms with Crippen molar-refractivity contribution < 1.29 is 32.2 Å². The monoisotopic (exact) mass is 529 g/mol. The van der Waals surface area contributed by atoms with Gasteiger partial charge in [0.05, 0.1) is 35.9 Å². The summed E-state index contributed by atoms with van der Waals surface area (Å²) >= 11 is 0. The summed E-state index contributed by atoms with van der Waals surface area (Å²) in [5, 5.41) is 5.89. The summed E-state index contributed by atoms with van der Waals surface area (Å²) in [6, 6.07) is 4.56. The van der Waals surface area contributed by atoms with Crippen molar-refractivity contribution in [2.45, 2.75) is 45.4 Å². The first kappa shape index (κ1) is 26.7. The number of pyridine rings is 1. The number of anilines is 2. The number of rotatable bonds is 9. The van der Waals surface area contributed by atoms with E-state index < -0.39 is 36.1 Å². The highest BCUT2D eigenvalue weighted by atomic mass is 19.3. The molecule has 3 heterocycles. The molecule has 1 aliphatic heterocycles. The lowest BCUT2D eigenvalue weighted by Gasteiger charge is -2.24. The van der Waals surface area contributed by atoms with Crippen molar-refractivity contribution in [1.82, 2.24) is 15.0 Å². The number of amides is 1. The van der Waals surface area contributed by atoms with Crippen molar-refractivity contribution in [3.63, 3.8) is 0 Å². The highest BCUT2D eigenvalue weighted by Crippen LogP contribution is 2.38. The van der Waals surface area contributed by atoms with E-state index in [1.165, 1.54) is 31.8 Å². The number of hydrogen-bond acceptors (Lipinski definition) is 8. The number of benzene rings is 1. The van der Waals surface area contributed by atoms with Crippen LogP contribution in [0.15, 0.2) is 49.2 Å². The first-order chi connectivity index (χ1) is 18.2. The van der Waals surface area contributed by atoms with Gasteiger partial charge in [-0.3, -0.25) is 9.78 Å². The standard InChI is InChI=1S/C26H26F3N5O4/c1-13-12-30-9-8-18(13)32-24(35)14(2)21-19(25-37-10-11-38-25)23(34-26(33-21)36-4)31-15(3)16-6-5-7-17(20(16)27)22(28)29/h5-12,14-15,22,25H,1-4H3,(H,30,32,35)(H,31,33,34)/t14?,15-/m1/s1. The normalized spacial score (nSPS) is 14.5. The zero-order chi connectivity index (χ0) is 27.4. The van der Waals surface area contributed by atoms with Crippen LogP contribution in [0.4, 0.5) is 24.7 Å². The first-order valence-corrected chi connectivity index (χ1v) is 11.7. The summed E-state index contributed by atoms with van der Waals surface area (Å²) in [5.41, 5.74) is 1.13. The number of ether oxygens (including phenoxy) is 3. The zero-order valence-corrected chi connectivity index (χ0v) is 21.0. The topological polar surface area (TPSA) is 107 Å². The van der Waals surface area contributed by atoms with Gasteiger partial charge in [-0.15, -0.1) is 0 Å². The molecule has 0 saturated carbocycles. The van der Waals surface area contributed by atoms with Crippen molar-refractivity contribution in [1.29, 1.82) is 0 Å². The van der Waals surface area contributed by atoms with Crippen LogP contribution < -0.4 is 15.4 Å². The molecule has 1 unspecified atom stereocenters. The fraction of sp³-hybridized carbons (Fsp3) is 0.308. The summed E-state index contributed by atoms with van der Waals surface area (Å²) in [4.78, 5) is 26.0. The van der Waals surface area contributed by atoms with Gasteiger partial charge in [0, 0.05) is 23.6 Å². The Kier molecular flexibility index (Phi) is 7.99. The van der Waals surface area contributed by atoms with Crippen LogP contribution in [0.25, 0.3) is 0 Å². The average molecular weight is 530 g/mol. The summed E-state index contributed by atoms with van der Waals surface area (Å²) < 4.78 is 57.8.